The molecule has 1 aliphatic heterocycles. The van der Waals surface area contributed by atoms with Gasteiger partial charge in [-0.3, -0.25) is 14.8 Å². The van der Waals surface area contributed by atoms with Crippen LogP contribution in [-0.2, 0) is 4.79 Å². The summed E-state index contributed by atoms with van der Waals surface area (Å²) in [5.74, 6) is 1.49. The third kappa shape index (κ3) is 4.25. The first-order valence-corrected chi connectivity index (χ1v) is 8.81. The first kappa shape index (κ1) is 18.0. The number of rotatable bonds is 6. The van der Waals surface area contributed by atoms with Gasteiger partial charge in [0, 0.05) is 31.5 Å². The molecular weight excluding hydrogens is 330 g/mol. The number of nitrogens with one attached hydrogen (secondary N) is 3. The quantitative estimate of drug-likeness (QED) is 0.722. The average molecular weight is 355 g/mol. The Morgan fingerprint density at radius 3 is 2.08 bits per heavy atom. The molecule has 3 heterocycles. The predicted molar refractivity (Wildman–Crippen MR) is 100 cm³/mol. The van der Waals surface area contributed by atoms with Crippen LogP contribution in [0, 0.1) is 33.6 Å². The number of hydrogen-bond donors (Lipinski definition) is 3. The summed E-state index contributed by atoms with van der Waals surface area (Å²) in [4.78, 5) is 29.7. The minimum absolute atomic E-state index is 0.0645. The Morgan fingerprint density at radius 1 is 0.962 bits per heavy atom. The average Bonchev–Trinajstić information content (AvgIpc) is 2.96. The van der Waals surface area contributed by atoms with Gasteiger partial charge in [0.25, 0.3) is 0 Å². The Bertz CT molecular complexity index is 808. The lowest BCUT2D eigenvalue weighted by atomic mass is 10.1. The maximum Gasteiger partial charge on any atom is 0.225 e. The molecule has 1 saturated heterocycles. The molecule has 2 atom stereocenters. The van der Waals surface area contributed by atoms with E-state index in [9.17, 15) is 4.79 Å². The van der Waals surface area contributed by atoms with Crippen LogP contribution in [-0.4, -0.2) is 45.0 Å². The van der Waals surface area contributed by atoms with E-state index in [1.165, 1.54) is 0 Å². The van der Waals surface area contributed by atoms with E-state index in [-0.39, 0.29) is 17.9 Å². The highest BCUT2D eigenvalue weighted by Gasteiger charge is 2.31. The van der Waals surface area contributed by atoms with E-state index in [1.54, 1.807) is 12.4 Å². The summed E-state index contributed by atoms with van der Waals surface area (Å²) in [7, 11) is 0. The van der Waals surface area contributed by atoms with Crippen molar-refractivity contribution in [3.8, 4) is 0 Å². The van der Waals surface area contributed by atoms with Crippen molar-refractivity contribution in [1.82, 2.24) is 25.3 Å². The van der Waals surface area contributed by atoms with Crippen LogP contribution in [0.3, 0.4) is 0 Å². The van der Waals surface area contributed by atoms with Gasteiger partial charge in [-0.25, -0.2) is 9.97 Å². The zero-order chi connectivity index (χ0) is 18.7. The smallest absolute Gasteiger partial charge is 0.225 e. The van der Waals surface area contributed by atoms with Gasteiger partial charge < -0.3 is 16.0 Å². The molecule has 2 aromatic rings. The molecule has 1 aliphatic rings. The molecule has 0 radical (unpaired) electrons. The maximum absolute atomic E-state index is 12.2. The van der Waals surface area contributed by atoms with Crippen LogP contribution in [0.4, 0.5) is 11.6 Å². The zero-order valence-corrected chi connectivity index (χ0v) is 15.6. The maximum atomic E-state index is 12.2. The summed E-state index contributed by atoms with van der Waals surface area (Å²) in [5, 5.41) is 9.60. The van der Waals surface area contributed by atoms with E-state index in [0.29, 0.717) is 13.1 Å². The summed E-state index contributed by atoms with van der Waals surface area (Å²) in [6.07, 6.45) is 4.24. The van der Waals surface area contributed by atoms with Crippen molar-refractivity contribution in [1.29, 1.82) is 0 Å². The van der Waals surface area contributed by atoms with Gasteiger partial charge in [0.15, 0.2) is 0 Å². The van der Waals surface area contributed by atoms with Crippen molar-refractivity contribution in [2.45, 2.75) is 40.2 Å². The van der Waals surface area contributed by atoms with Gasteiger partial charge in [-0.2, -0.15) is 0 Å². The summed E-state index contributed by atoms with van der Waals surface area (Å²) in [5.41, 5.74) is 3.41. The molecule has 0 aliphatic carbocycles. The number of hydrogen-bond acceptors (Lipinski definition) is 7. The van der Waals surface area contributed by atoms with Gasteiger partial charge in [-0.05, 0) is 34.1 Å². The Hall–Kier alpha value is -2.77. The highest BCUT2D eigenvalue weighted by molar-refractivity contribution is 5.82. The number of carbonyl (C=O) groups excluding carboxylic acids is 1. The SMILES string of the molecule is Cc1cnc(C)c(NCC2CC(CNc3nc(C)cnc3C)C(=O)N2)n1. The molecule has 2 unspecified atom stereocenters. The first-order valence-electron chi connectivity index (χ1n) is 8.81. The number of aryl methyl sites for hydroxylation is 4. The molecule has 8 nitrogen and oxygen atoms in total. The van der Waals surface area contributed by atoms with Gasteiger partial charge in [-0.1, -0.05) is 0 Å². The van der Waals surface area contributed by atoms with E-state index in [1.807, 2.05) is 27.7 Å². The van der Waals surface area contributed by atoms with E-state index < -0.39 is 0 Å². The summed E-state index contributed by atoms with van der Waals surface area (Å²) in [6, 6.07) is 0.0701. The lowest BCUT2D eigenvalue weighted by Crippen LogP contribution is -2.32. The van der Waals surface area contributed by atoms with Crippen molar-refractivity contribution in [3.05, 3.63) is 35.2 Å². The molecule has 26 heavy (non-hydrogen) atoms. The molecule has 0 aromatic carbocycles. The van der Waals surface area contributed by atoms with Crippen LogP contribution in [0.2, 0.25) is 0 Å². The zero-order valence-electron chi connectivity index (χ0n) is 15.6. The summed E-state index contributed by atoms with van der Waals surface area (Å²) in [6.45, 7) is 8.81. The Balaban J connectivity index is 1.53. The van der Waals surface area contributed by atoms with E-state index >= 15 is 0 Å². The third-order valence-corrected chi connectivity index (χ3v) is 4.47. The van der Waals surface area contributed by atoms with E-state index in [2.05, 4.69) is 35.9 Å². The van der Waals surface area contributed by atoms with Gasteiger partial charge in [0.05, 0.1) is 28.7 Å². The molecule has 3 rings (SSSR count). The van der Waals surface area contributed by atoms with Crippen LogP contribution in [0.1, 0.15) is 29.2 Å². The molecule has 138 valence electrons. The highest BCUT2D eigenvalue weighted by atomic mass is 16.2. The molecule has 0 spiro atoms. The molecule has 1 amide bonds. The minimum Gasteiger partial charge on any atom is -0.368 e. The van der Waals surface area contributed by atoms with Crippen molar-refractivity contribution in [2.75, 3.05) is 23.7 Å². The van der Waals surface area contributed by atoms with Crippen LogP contribution >= 0.6 is 0 Å². The fraction of sp³-hybridized carbons (Fsp3) is 0.500. The van der Waals surface area contributed by atoms with Gasteiger partial charge in [0.2, 0.25) is 5.91 Å². The van der Waals surface area contributed by atoms with Crippen LogP contribution in [0.5, 0.6) is 0 Å². The number of carbonyl (C=O) groups is 1. The largest absolute Gasteiger partial charge is 0.368 e. The van der Waals surface area contributed by atoms with Crippen molar-refractivity contribution >= 4 is 17.5 Å². The number of amides is 1. The first-order chi connectivity index (χ1) is 12.4. The second-order valence-corrected chi connectivity index (χ2v) is 6.79. The summed E-state index contributed by atoms with van der Waals surface area (Å²) < 4.78 is 0. The van der Waals surface area contributed by atoms with Crippen molar-refractivity contribution in [2.24, 2.45) is 5.92 Å². The van der Waals surface area contributed by atoms with E-state index in [4.69, 9.17) is 0 Å². The van der Waals surface area contributed by atoms with E-state index in [0.717, 1.165) is 40.8 Å². The second kappa shape index (κ2) is 7.63. The highest BCUT2D eigenvalue weighted by Crippen LogP contribution is 2.18. The molecule has 2 aromatic heterocycles. The number of nitrogens with zero attached hydrogens (tertiary/aromatic N) is 4. The lowest BCUT2D eigenvalue weighted by molar-refractivity contribution is -0.122. The van der Waals surface area contributed by atoms with Gasteiger partial charge in [-0.15, -0.1) is 0 Å². The molecule has 0 saturated carbocycles. The minimum atomic E-state index is -0.0896. The van der Waals surface area contributed by atoms with Crippen molar-refractivity contribution in [3.63, 3.8) is 0 Å². The van der Waals surface area contributed by atoms with Gasteiger partial charge >= 0.3 is 0 Å². The van der Waals surface area contributed by atoms with Crippen molar-refractivity contribution < 1.29 is 4.79 Å². The Labute approximate surface area is 153 Å². The monoisotopic (exact) mass is 355 g/mol. The summed E-state index contributed by atoms with van der Waals surface area (Å²) >= 11 is 0. The fourth-order valence-electron chi connectivity index (χ4n) is 2.99. The normalized spacial score (nSPS) is 19.3. The van der Waals surface area contributed by atoms with Crippen LogP contribution in [0.25, 0.3) is 0 Å². The topological polar surface area (TPSA) is 105 Å². The lowest BCUT2D eigenvalue weighted by Gasteiger charge is -2.14. The molecular formula is C18H25N7O. The molecule has 3 N–H and O–H groups in total. The van der Waals surface area contributed by atoms with Crippen LogP contribution in [0.15, 0.2) is 12.4 Å². The third-order valence-electron chi connectivity index (χ3n) is 4.47. The number of anilines is 2. The predicted octanol–water partition coefficient (Wildman–Crippen LogP) is 1.53. The molecule has 0 bridgehead atoms. The second-order valence-electron chi connectivity index (χ2n) is 6.79. The Kier molecular flexibility index (Phi) is 5.29. The molecule has 1 fully saturated rings. The molecule has 8 heteroatoms. The van der Waals surface area contributed by atoms with Crippen LogP contribution < -0.4 is 16.0 Å². The van der Waals surface area contributed by atoms with Gasteiger partial charge in [0.1, 0.15) is 11.6 Å². The standard InChI is InChI=1S/C18H25N7O/c1-10-6-19-12(3)16(23-10)21-8-14-5-15(25-18(14)26)9-22-17-13(4)20-7-11(2)24-17/h6-7,14-15H,5,8-9H2,1-4H3,(H,21,23)(H,22,24)(H,25,26). The number of aromatic nitrogens is 4. The fourth-order valence-corrected chi connectivity index (χ4v) is 2.99. The Morgan fingerprint density at radius 2 is 1.50 bits per heavy atom.